The highest BCUT2D eigenvalue weighted by molar-refractivity contribution is 6.06. The number of likely N-dealkylation sites (tertiary alicyclic amines) is 1. The highest BCUT2D eigenvalue weighted by atomic mass is 19.1. The van der Waals surface area contributed by atoms with Crippen LogP contribution in [0.25, 0.3) is 32.9 Å². The number of morpholine rings is 1. The lowest BCUT2D eigenvalue weighted by atomic mass is 9.77. The molecule has 4 aliphatic rings. The van der Waals surface area contributed by atoms with Crippen molar-refractivity contribution in [3.63, 3.8) is 0 Å². The number of halogens is 1. The molecule has 0 unspecified atom stereocenters. The van der Waals surface area contributed by atoms with Crippen LogP contribution in [0.1, 0.15) is 80.7 Å². The number of piperazine rings is 1. The van der Waals surface area contributed by atoms with E-state index < -0.39 is 17.0 Å². The number of nitrogens with zero attached hydrogens (tertiary/aromatic N) is 7. The van der Waals surface area contributed by atoms with E-state index >= 15 is 4.39 Å². The second kappa shape index (κ2) is 17.2. The number of ether oxygens (including phenoxy) is 3. The number of carbonyl (C=O) groups is 1. The number of anilines is 1. The van der Waals surface area contributed by atoms with Crippen LogP contribution < -0.4 is 9.64 Å². The number of hydrogen-bond acceptors (Lipinski definition) is 10. The predicted octanol–water partition coefficient (Wildman–Crippen LogP) is 9.81. The van der Waals surface area contributed by atoms with Crippen molar-refractivity contribution in [1.82, 2.24) is 29.5 Å². The van der Waals surface area contributed by atoms with Crippen molar-refractivity contribution in [3.05, 3.63) is 143 Å². The Hall–Kier alpha value is -6.57. The summed E-state index contributed by atoms with van der Waals surface area (Å²) in [6.07, 6.45) is 4.31. The van der Waals surface area contributed by atoms with Gasteiger partial charge in [-0.2, -0.15) is 15.1 Å². The summed E-state index contributed by atoms with van der Waals surface area (Å²) < 4.78 is 36.7. The molecule has 2 bridgehead atoms. The van der Waals surface area contributed by atoms with Crippen LogP contribution in [0.4, 0.5) is 15.0 Å². The fraction of sp³-hybridized carbons (Fsp3) is 0.382. The summed E-state index contributed by atoms with van der Waals surface area (Å²) in [5, 5.41) is 19.8. The summed E-state index contributed by atoms with van der Waals surface area (Å²) in [5.74, 6) is 0.301. The molecule has 5 heterocycles. The Morgan fingerprint density at radius 1 is 0.853 bits per heavy atom. The minimum Gasteiger partial charge on any atom is -0.505 e. The average Bonchev–Trinajstić information content (AvgIpc) is 3.79. The Morgan fingerprint density at radius 2 is 1.49 bits per heavy atom. The fourth-order valence-electron chi connectivity index (χ4n) is 11.0. The fourth-order valence-corrected chi connectivity index (χ4v) is 11.0. The number of carbonyl (C=O) groups excluding carboxylic acids is 1. The molecule has 0 spiro atoms. The number of fused-ring (bicyclic) bond motifs is 4. The van der Waals surface area contributed by atoms with E-state index in [1.54, 1.807) is 6.92 Å². The summed E-state index contributed by atoms with van der Waals surface area (Å²) in [6, 6.07) is 34.6. The van der Waals surface area contributed by atoms with Crippen molar-refractivity contribution in [3.8, 4) is 22.9 Å². The van der Waals surface area contributed by atoms with Crippen molar-refractivity contribution in [2.75, 3.05) is 50.9 Å². The van der Waals surface area contributed by atoms with Gasteiger partial charge in [-0.3, -0.25) is 9.58 Å². The molecule has 1 N–H and O–H groups in total. The van der Waals surface area contributed by atoms with E-state index in [-0.39, 0.29) is 41.9 Å². The van der Waals surface area contributed by atoms with Crippen molar-refractivity contribution >= 4 is 33.7 Å². The lowest BCUT2D eigenvalue weighted by Gasteiger charge is -2.36. The Balaban J connectivity index is 1.09. The standard InChI is InChI=1S/C55H58FN7O5/c1-34(60-23-25-66-26-24-60)33-67-52-57-49-43(51(58-52)61-30-41-27-40(61)31-62(41)53(65)68-54(3,4)5)28-42(36-21-22-36)48(50(49)64)47-35(2)45(56)29-46-44(47)32-63(59-46)55(37-15-9-6-10-16-37,38-17-11-7-12-18-38)39-19-13-8-14-20-39/h6-20,28-29,32,34,36,40-41,64H,21-27,30-31,33H2,1-5H3/t34-,40-,41-/m0/s1. The molecular weight excluding hydrogens is 858 g/mol. The monoisotopic (exact) mass is 915 g/mol. The number of hydrogen-bond donors (Lipinski definition) is 1. The van der Waals surface area contributed by atoms with Crippen LogP contribution >= 0.6 is 0 Å². The highest BCUT2D eigenvalue weighted by Crippen LogP contribution is 2.54. The first-order valence-electron chi connectivity index (χ1n) is 24.0. The van der Waals surface area contributed by atoms with Crippen LogP contribution in [0.3, 0.4) is 0 Å². The summed E-state index contributed by atoms with van der Waals surface area (Å²) >= 11 is 0. The molecule has 5 aromatic carbocycles. The number of rotatable bonds is 11. The van der Waals surface area contributed by atoms with Gasteiger partial charge in [0.05, 0.1) is 30.8 Å². The predicted molar refractivity (Wildman–Crippen MR) is 261 cm³/mol. The molecule has 7 aromatic rings. The van der Waals surface area contributed by atoms with E-state index in [9.17, 15) is 9.90 Å². The van der Waals surface area contributed by atoms with Crippen molar-refractivity contribution < 1.29 is 28.5 Å². The van der Waals surface area contributed by atoms with Gasteiger partial charge in [-0.05, 0) is 93.7 Å². The van der Waals surface area contributed by atoms with E-state index in [4.69, 9.17) is 29.3 Å². The Labute approximate surface area is 396 Å². The van der Waals surface area contributed by atoms with E-state index in [2.05, 4.69) is 59.2 Å². The van der Waals surface area contributed by atoms with E-state index in [1.165, 1.54) is 6.07 Å². The molecule has 2 aromatic heterocycles. The van der Waals surface area contributed by atoms with Gasteiger partial charge in [0.15, 0.2) is 0 Å². The number of benzene rings is 5. The molecule has 68 heavy (non-hydrogen) atoms. The Bertz CT molecular complexity index is 2910. The van der Waals surface area contributed by atoms with Crippen LogP contribution in [0.5, 0.6) is 11.8 Å². The lowest BCUT2D eigenvalue weighted by Crippen LogP contribution is -2.50. The molecule has 3 aliphatic heterocycles. The third-order valence-corrected chi connectivity index (χ3v) is 14.4. The first-order chi connectivity index (χ1) is 32.9. The second-order valence-electron chi connectivity index (χ2n) is 20.0. The molecule has 0 radical (unpaired) electrons. The maximum Gasteiger partial charge on any atom is 0.410 e. The quantitative estimate of drug-likeness (QED) is 0.126. The molecule has 12 nitrogen and oxygen atoms in total. The van der Waals surface area contributed by atoms with Gasteiger partial charge in [0, 0.05) is 66.4 Å². The van der Waals surface area contributed by atoms with Crippen LogP contribution in [0.15, 0.2) is 109 Å². The smallest absolute Gasteiger partial charge is 0.410 e. The number of aromatic nitrogens is 4. The van der Waals surface area contributed by atoms with Gasteiger partial charge in [0.1, 0.15) is 40.6 Å². The highest BCUT2D eigenvalue weighted by Gasteiger charge is 2.48. The molecule has 350 valence electrons. The third-order valence-electron chi connectivity index (χ3n) is 14.4. The molecule has 11 rings (SSSR count). The first kappa shape index (κ1) is 44.0. The van der Waals surface area contributed by atoms with Gasteiger partial charge >= 0.3 is 12.1 Å². The molecule has 4 fully saturated rings. The minimum atomic E-state index is -0.948. The molecule has 1 saturated carbocycles. The summed E-state index contributed by atoms with van der Waals surface area (Å²) in [7, 11) is 0. The molecule has 1 aliphatic carbocycles. The maximum atomic E-state index is 16.8. The molecule has 3 saturated heterocycles. The van der Waals surface area contributed by atoms with E-state index in [1.807, 2.05) is 91.1 Å². The molecular formula is C55H58FN7O5. The second-order valence-corrected chi connectivity index (χ2v) is 20.0. The van der Waals surface area contributed by atoms with Crippen LogP contribution in [0, 0.1) is 12.7 Å². The summed E-state index contributed by atoms with van der Waals surface area (Å²) in [6.45, 7) is 13.8. The van der Waals surface area contributed by atoms with E-state index in [0.717, 1.165) is 54.6 Å². The Kier molecular flexibility index (Phi) is 11.1. The average molecular weight is 916 g/mol. The zero-order chi connectivity index (χ0) is 46.9. The molecule has 1 amide bonds. The number of amides is 1. The number of phenolic OH excluding ortho intramolecular Hbond substituents is 1. The SMILES string of the molecule is Cc1c(F)cc2nn(C(c3ccccc3)(c3ccccc3)c3ccccc3)cc2c1-c1c(C2CC2)cc2c(N3C[C@@H]4C[C@H]3CN4C(=O)OC(C)(C)C)nc(OC[C@H](C)N3CCOCC3)nc2c1O. The Morgan fingerprint density at radius 3 is 2.06 bits per heavy atom. The van der Waals surface area contributed by atoms with Gasteiger partial charge in [0.25, 0.3) is 0 Å². The van der Waals surface area contributed by atoms with E-state index in [0.29, 0.717) is 77.2 Å². The largest absolute Gasteiger partial charge is 0.505 e. The van der Waals surface area contributed by atoms with Gasteiger partial charge in [0.2, 0.25) is 0 Å². The number of phenols is 1. The first-order valence-corrected chi connectivity index (χ1v) is 24.0. The van der Waals surface area contributed by atoms with Gasteiger partial charge in [-0.15, -0.1) is 0 Å². The zero-order valence-electron chi connectivity index (χ0n) is 39.4. The van der Waals surface area contributed by atoms with Crippen molar-refractivity contribution in [2.45, 2.75) is 89.1 Å². The van der Waals surface area contributed by atoms with Crippen molar-refractivity contribution in [2.24, 2.45) is 0 Å². The number of aromatic hydroxyl groups is 1. The van der Waals surface area contributed by atoms with Crippen molar-refractivity contribution in [1.29, 1.82) is 0 Å². The minimum absolute atomic E-state index is 0.0352. The normalized spacial score (nSPS) is 19.3. The van der Waals surface area contributed by atoms with Gasteiger partial charge < -0.3 is 29.1 Å². The van der Waals surface area contributed by atoms with Gasteiger partial charge in [-0.1, -0.05) is 91.0 Å². The molecule has 13 heteroatoms. The lowest BCUT2D eigenvalue weighted by molar-refractivity contribution is 0.00973. The summed E-state index contributed by atoms with van der Waals surface area (Å²) in [4.78, 5) is 29.9. The summed E-state index contributed by atoms with van der Waals surface area (Å²) in [5.41, 5.74) is 4.63. The maximum absolute atomic E-state index is 16.8. The zero-order valence-corrected chi connectivity index (χ0v) is 39.4. The van der Waals surface area contributed by atoms with Crippen LogP contribution in [-0.4, -0.2) is 110 Å². The van der Waals surface area contributed by atoms with Crippen LogP contribution in [-0.2, 0) is 15.0 Å². The van der Waals surface area contributed by atoms with Gasteiger partial charge in [-0.25, -0.2) is 9.18 Å². The topological polar surface area (TPSA) is 118 Å². The molecule has 3 atom stereocenters. The third kappa shape index (κ3) is 7.69. The van der Waals surface area contributed by atoms with Crippen LogP contribution in [0.2, 0.25) is 0 Å².